The standard InChI is InChI=1S/C3H16O4SSi4/c8-2-1-3-12(6-10,7-11)5-4-9/h8H,1-3H2,9-11H3. The van der Waals surface area contributed by atoms with Gasteiger partial charge in [0.25, 0.3) is 0 Å². The van der Waals surface area contributed by atoms with Gasteiger partial charge in [0.05, 0.1) is 0 Å². The zero-order valence-electron chi connectivity index (χ0n) is 7.70. The van der Waals surface area contributed by atoms with Gasteiger partial charge in [-0.05, 0) is 12.2 Å². The topological polar surface area (TPSA) is 36.9 Å². The lowest BCUT2D eigenvalue weighted by atomic mass is 10.6. The van der Waals surface area contributed by atoms with Gasteiger partial charge >= 0.3 is 8.80 Å². The number of hydrogen-bond donors (Lipinski definition) is 1. The van der Waals surface area contributed by atoms with Gasteiger partial charge in [0.15, 0.2) is 10.5 Å². The number of rotatable bonds is 7. The van der Waals surface area contributed by atoms with Crippen molar-refractivity contribution in [3.8, 4) is 0 Å². The van der Waals surface area contributed by atoms with Crippen LogP contribution in [0.4, 0.5) is 0 Å². The molecule has 0 aromatic heterocycles. The molecule has 0 N–H and O–H groups in total. The van der Waals surface area contributed by atoms with Gasteiger partial charge < -0.3 is 12.8 Å². The highest BCUT2D eigenvalue weighted by molar-refractivity contribution is 7.80. The fourth-order valence-electron chi connectivity index (χ4n) is 0.820. The van der Waals surface area contributed by atoms with Gasteiger partial charge in [-0.15, -0.1) is 0 Å². The second kappa shape index (κ2) is 7.46. The monoisotopic (exact) mass is 260 g/mol. The Labute approximate surface area is 88.6 Å². The van der Waals surface area contributed by atoms with Crippen LogP contribution >= 0.6 is 12.6 Å². The van der Waals surface area contributed by atoms with E-state index in [1.54, 1.807) is 0 Å². The van der Waals surface area contributed by atoms with Crippen molar-refractivity contribution in [2.45, 2.75) is 12.5 Å². The van der Waals surface area contributed by atoms with Gasteiger partial charge in [-0.3, -0.25) is 0 Å². The van der Waals surface area contributed by atoms with E-state index in [4.69, 9.17) is 17.4 Å². The quantitative estimate of drug-likeness (QED) is 0.230. The van der Waals surface area contributed by atoms with Crippen LogP contribution in [0.5, 0.6) is 0 Å². The molecule has 0 aliphatic carbocycles. The lowest BCUT2D eigenvalue weighted by Gasteiger charge is -2.25. The van der Waals surface area contributed by atoms with Gasteiger partial charge in [-0.25, -0.2) is 4.58 Å². The lowest BCUT2D eigenvalue weighted by Crippen LogP contribution is -2.44. The Morgan fingerprint density at radius 2 is 1.75 bits per heavy atom. The van der Waals surface area contributed by atoms with Gasteiger partial charge in [-0.2, -0.15) is 12.6 Å². The largest absolute Gasteiger partial charge is 0.506 e. The predicted molar refractivity (Wildman–Crippen MR) is 63.2 cm³/mol. The fraction of sp³-hybridized carbons (Fsp3) is 1.00. The summed E-state index contributed by atoms with van der Waals surface area (Å²) in [5, 5.41) is 0. The van der Waals surface area contributed by atoms with E-state index in [0.29, 0.717) is 31.5 Å². The van der Waals surface area contributed by atoms with Crippen molar-refractivity contribution in [2.75, 3.05) is 5.75 Å². The molecular formula is C3H16O4SSi4. The van der Waals surface area contributed by atoms with Crippen molar-refractivity contribution >= 4 is 52.9 Å². The molecule has 0 amide bonds. The van der Waals surface area contributed by atoms with Crippen LogP contribution in [-0.2, 0) is 17.4 Å². The van der Waals surface area contributed by atoms with Crippen molar-refractivity contribution < 1.29 is 17.4 Å². The summed E-state index contributed by atoms with van der Waals surface area (Å²) in [5.41, 5.74) is 0. The highest BCUT2D eigenvalue weighted by Crippen LogP contribution is 2.15. The van der Waals surface area contributed by atoms with E-state index >= 15 is 0 Å². The van der Waals surface area contributed by atoms with Crippen molar-refractivity contribution in [2.24, 2.45) is 0 Å². The molecule has 0 atom stereocenters. The van der Waals surface area contributed by atoms with Crippen molar-refractivity contribution in [1.29, 1.82) is 0 Å². The van der Waals surface area contributed by atoms with E-state index in [2.05, 4.69) is 12.6 Å². The van der Waals surface area contributed by atoms with Gasteiger partial charge in [0.1, 0.15) is 21.0 Å². The van der Waals surface area contributed by atoms with Crippen LogP contribution in [0.15, 0.2) is 0 Å². The zero-order chi connectivity index (χ0) is 9.45. The molecule has 0 spiro atoms. The van der Waals surface area contributed by atoms with E-state index < -0.39 is 8.80 Å². The molecule has 0 rings (SSSR count). The number of hydrogen-bond acceptors (Lipinski definition) is 5. The first kappa shape index (κ1) is 13.1. The van der Waals surface area contributed by atoms with E-state index in [0.717, 1.165) is 18.2 Å². The minimum Gasteiger partial charge on any atom is -0.424 e. The van der Waals surface area contributed by atoms with Crippen LogP contribution in [0.1, 0.15) is 6.42 Å². The van der Waals surface area contributed by atoms with Gasteiger partial charge in [0, 0.05) is 6.04 Å². The third kappa shape index (κ3) is 4.34. The smallest absolute Gasteiger partial charge is 0.424 e. The molecule has 0 fully saturated rings. The van der Waals surface area contributed by atoms with Crippen LogP contribution in [0.3, 0.4) is 0 Å². The average Bonchev–Trinajstić information content (AvgIpc) is 2.13. The van der Waals surface area contributed by atoms with E-state index in [1.165, 1.54) is 0 Å². The molecule has 0 aliphatic rings. The summed E-state index contributed by atoms with van der Waals surface area (Å²) in [5.74, 6) is 0.828. The van der Waals surface area contributed by atoms with E-state index in [1.807, 2.05) is 0 Å². The molecule has 0 saturated carbocycles. The second-order valence-corrected chi connectivity index (χ2v) is 8.25. The normalized spacial score (nSPS) is 16.8. The first-order valence-corrected chi connectivity index (χ1v) is 8.69. The molecule has 0 radical (unpaired) electrons. The van der Waals surface area contributed by atoms with Crippen molar-refractivity contribution in [1.82, 2.24) is 0 Å². The molecule has 9 heteroatoms. The third-order valence-electron chi connectivity index (χ3n) is 1.47. The summed E-state index contributed by atoms with van der Waals surface area (Å²) in [4.78, 5) is 0. The Morgan fingerprint density at radius 3 is 2.08 bits per heavy atom. The van der Waals surface area contributed by atoms with Crippen LogP contribution in [0.2, 0.25) is 6.04 Å². The predicted octanol–water partition coefficient (Wildman–Crippen LogP) is -2.93. The van der Waals surface area contributed by atoms with E-state index in [9.17, 15) is 0 Å². The highest BCUT2D eigenvalue weighted by Gasteiger charge is 2.37. The molecule has 0 aromatic carbocycles. The molecular weight excluding hydrogens is 244 g/mol. The van der Waals surface area contributed by atoms with Gasteiger partial charge in [0.2, 0.25) is 0 Å². The molecule has 0 aromatic rings. The Morgan fingerprint density at radius 1 is 1.17 bits per heavy atom. The molecule has 0 aliphatic heterocycles. The Kier molecular flexibility index (Phi) is 8.12. The maximum Gasteiger partial charge on any atom is 0.506 e. The summed E-state index contributed by atoms with van der Waals surface area (Å²) in [6.45, 7) is 0. The first-order valence-electron chi connectivity index (χ1n) is 3.67. The minimum atomic E-state index is -2.38. The van der Waals surface area contributed by atoms with Crippen LogP contribution < -0.4 is 0 Å². The average molecular weight is 261 g/mol. The molecule has 0 heterocycles. The van der Waals surface area contributed by atoms with Crippen molar-refractivity contribution in [3.63, 3.8) is 0 Å². The molecule has 0 saturated heterocycles. The Balaban J connectivity index is 3.95. The lowest BCUT2D eigenvalue weighted by molar-refractivity contribution is -0.140. The van der Waals surface area contributed by atoms with Crippen LogP contribution in [0, 0.1) is 0 Å². The Hall–Kier alpha value is 1.06. The van der Waals surface area contributed by atoms with Crippen LogP contribution in [0.25, 0.3) is 0 Å². The molecule has 0 bridgehead atoms. The van der Waals surface area contributed by atoms with Crippen LogP contribution in [-0.4, -0.2) is 46.0 Å². The highest BCUT2D eigenvalue weighted by atomic mass is 32.1. The van der Waals surface area contributed by atoms with Crippen molar-refractivity contribution in [3.05, 3.63) is 0 Å². The second-order valence-electron chi connectivity index (χ2n) is 2.17. The first-order chi connectivity index (χ1) is 5.74. The maximum absolute atomic E-state index is 5.36. The summed E-state index contributed by atoms with van der Waals surface area (Å²) < 4.78 is 20.6. The van der Waals surface area contributed by atoms with Gasteiger partial charge in [-0.1, -0.05) is 0 Å². The zero-order valence-corrected chi connectivity index (χ0v) is 15.6. The minimum absolute atomic E-state index is 0.552. The molecule has 4 nitrogen and oxygen atoms in total. The molecule has 0 unspecified atom stereocenters. The number of thiol groups is 1. The SMILES string of the molecule is [SiH3]OO[Si](CCCS)(O[SiH3])O[SiH3]. The fourth-order valence-corrected chi connectivity index (χ4v) is 7.33. The summed E-state index contributed by atoms with van der Waals surface area (Å²) in [6.07, 6.45) is 0.949. The summed E-state index contributed by atoms with van der Waals surface area (Å²) >= 11 is 4.12. The maximum atomic E-state index is 5.36. The molecule has 74 valence electrons. The Bertz CT molecular complexity index is 112. The third-order valence-corrected chi connectivity index (χ3v) is 8.65. The molecule has 12 heavy (non-hydrogen) atoms. The summed E-state index contributed by atoms with van der Waals surface area (Å²) in [7, 11) is -0.563. The van der Waals surface area contributed by atoms with E-state index in [-0.39, 0.29) is 0 Å². The summed E-state index contributed by atoms with van der Waals surface area (Å²) in [6, 6.07) is 0.811.